The molecule has 0 heterocycles. The van der Waals surface area contributed by atoms with Gasteiger partial charge in [-0.3, -0.25) is 4.79 Å². The van der Waals surface area contributed by atoms with Gasteiger partial charge in [0.1, 0.15) is 6.54 Å². The molecule has 20 heavy (non-hydrogen) atoms. The molecule has 108 valence electrons. The SMILES string of the molecule is CCOC(=O)CNS(=O)(=O)c1ccc(C#CCN)cc1. The minimum atomic E-state index is -3.73. The standard InChI is InChI=1S/C13H16N2O4S/c1-2-19-13(16)10-15-20(17,18)12-7-5-11(6-8-12)4-3-9-14/h5-8,15H,2,9-10,14H2,1H3. The first-order chi connectivity index (χ1) is 9.49. The van der Waals surface area contributed by atoms with Crippen LogP contribution in [0.15, 0.2) is 29.2 Å². The van der Waals surface area contributed by atoms with Gasteiger partial charge in [0.15, 0.2) is 0 Å². The Morgan fingerprint density at radius 1 is 1.35 bits per heavy atom. The van der Waals surface area contributed by atoms with Crippen molar-refractivity contribution in [2.75, 3.05) is 19.7 Å². The maximum atomic E-state index is 11.9. The minimum Gasteiger partial charge on any atom is -0.465 e. The second-order valence-electron chi connectivity index (χ2n) is 3.66. The van der Waals surface area contributed by atoms with E-state index < -0.39 is 22.5 Å². The van der Waals surface area contributed by atoms with Crippen molar-refractivity contribution < 1.29 is 17.9 Å². The van der Waals surface area contributed by atoms with E-state index >= 15 is 0 Å². The van der Waals surface area contributed by atoms with Gasteiger partial charge < -0.3 is 10.5 Å². The molecule has 0 saturated carbocycles. The van der Waals surface area contributed by atoms with Crippen LogP contribution in [0.5, 0.6) is 0 Å². The largest absolute Gasteiger partial charge is 0.465 e. The van der Waals surface area contributed by atoms with E-state index in [1.165, 1.54) is 12.1 Å². The third kappa shape index (κ3) is 5.01. The number of nitrogens with two attached hydrogens (primary N) is 1. The molecule has 0 unspecified atom stereocenters. The van der Waals surface area contributed by atoms with Crippen LogP contribution in [0.3, 0.4) is 0 Å². The molecule has 0 aromatic heterocycles. The molecule has 0 aliphatic heterocycles. The van der Waals surface area contributed by atoms with Crippen LogP contribution in [-0.4, -0.2) is 34.1 Å². The molecule has 0 bridgehead atoms. The summed E-state index contributed by atoms with van der Waals surface area (Å²) in [6.07, 6.45) is 0. The van der Waals surface area contributed by atoms with E-state index in [1.807, 2.05) is 0 Å². The summed E-state index contributed by atoms with van der Waals surface area (Å²) in [7, 11) is -3.73. The van der Waals surface area contributed by atoms with Crippen LogP contribution >= 0.6 is 0 Å². The molecule has 0 spiro atoms. The lowest BCUT2D eigenvalue weighted by Crippen LogP contribution is -2.30. The quantitative estimate of drug-likeness (QED) is 0.581. The lowest BCUT2D eigenvalue weighted by Gasteiger charge is -2.06. The number of carbonyl (C=O) groups excluding carboxylic acids is 1. The highest BCUT2D eigenvalue weighted by atomic mass is 32.2. The van der Waals surface area contributed by atoms with Gasteiger partial charge in [-0.05, 0) is 31.2 Å². The number of hydrogen-bond acceptors (Lipinski definition) is 5. The van der Waals surface area contributed by atoms with Gasteiger partial charge >= 0.3 is 5.97 Å². The average Bonchev–Trinajstić information content (AvgIpc) is 2.44. The molecule has 0 atom stereocenters. The maximum Gasteiger partial charge on any atom is 0.321 e. The zero-order chi connectivity index (χ0) is 15.0. The Labute approximate surface area is 118 Å². The van der Waals surface area contributed by atoms with Gasteiger partial charge in [-0.2, -0.15) is 4.72 Å². The zero-order valence-electron chi connectivity index (χ0n) is 11.0. The van der Waals surface area contributed by atoms with Gasteiger partial charge in [0.05, 0.1) is 18.0 Å². The number of carbonyl (C=O) groups is 1. The lowest BCUT2D eigenvalue weighted by atomic mass is 10.2. The number of sulfonamides is 1. The molecular weight excluding hydrogens is 280 g/mol. The van der Waals surface area contributed by atoms with Gasteiger partial charge in [-0.1, -0.05) is 11.8 Å². The fourth-order valence-corrected chi connectivity index (χ4v) is 2.29. The van der Waals surface area contributed by atoms with Crippen molar-refractivity contribution in [3.63, 3.8) is 0 Å². The van der Waals surface area contributed by atoms with E-state index in [0.29, 0.717) is 5.56 Å². The Morgan fingerprint density at radius 2 is 2.00 bits per heavy atom. The molecule has 3 N–H and O–H groups in total. The van der Waals surface area contributed by atoms with Crippen LogP contribution in [0.1, 0.15) is 12.5 Å². The Morgan fingerprint density at radius 3 is 2.55 bits per heavy atom. The zero-order valence-corrected chi connectivity index (χ0v) is 11.9. The van der Waals surface area contributed by atoms with Crippen LogP contribution in [0.25, 0.3) is 0 Å². The predicted octanol–water partition coefficient (Wildman–Crippen LogP) is -0.162. The third-order valence-electron chi connectivity index (χ3n) is 2.21. The summed E-state index contributed by atoms with van der Waals surface area (Å²) in [5.41, 5.74) is 5.91. The second kappa shape index (κ2) is 7.65. The van der Waals surface area contributed by atoms with E-state index in [4.69, 9.17) is 5.73 Å². The summed E-state index contributed by atoms with van der Waals surface area (Å²) in [5.74, 6) is 4.83. The van der Waals surface area contributed by atoms with E-state index in [0.717, 1.165) is 0 Å². The van der Waals surface area contributed by atoms with Crippen LogP contribution in [0, 0.1) is 11.8 Å². The lowest BCUT2D eigenvalue weighted by molar-refractivity contribution is -0.141. The van der Waals surface area contributed by atoms with Crippen molar-refractivity contribution >= 4 is 16.0 Å². The highest BCUT2D eigenvalue weighted by molar-refractivity contribution is 7.89. The molecule has 0 saturated heterocycles. The number of rotatable bonds is 5. The summed E-state index contributed by atoms with van der Waals surface area (Å²) >= 11 is 0. The highest BCUT2D eigenvalue weighted by Gasteiger charge is 2.15. The van der Waals surface area contributed by atoms with Crippen LogP contribution < -0.4 is 10.5 Å². The maximum absolute atomic E-state index is 11.9. The van der Waals surface area contributed by atoms with Gasteiger partial charge in [0, 0.05) is 5.56 Å². The number of esters is 1. The normalized spacial score (nSPS) is 10.5. The van der Waals surface area contributed by atoms with E-state index in [2.05, 4.69) is 21.3 Å². The molecule has 0 aliphatic carbocycles. The Balaban J connectivity index is 2.75. The first kappa shape index (κ1) is 16.2. The fourth-order valence-electron chi connectivity index (χ4n) is 1.32. The molecule has 0 aliphatic rings. The van der Waals surface area contributed by atoms with Crippen molar-refractivity contribution in [1.82, 2.24) is 4.72 Å². The molecule has 1 aromatic rings. The monoisotopic (exact) mass is 296 g/mol. The van der Waals surface area contributed by atoms with Gasteiger partial charge in [0.25, 0.3) is 0 Å². The topological polar surface area (TPSA) is 98.5 Å². The summed E-state index contributed by atoms with van der Waals surface area (Å²) in [6.45, 7) is 1.69. The van der Waals surface area contributed by atoms with Crippen molar-refractivity contribution in [3.05, 3.63) is 29.8 Å². The van der Waals surface area contributed by atoms with E-state index in [1.54, 1.807) is 19.1 Å². The fraction of sp³-hybridized carbons (Fsp3) is 0.308. The van der Waals surface area contributed by atoms with Crippen LogP contribution in [0.4, 0.5) is 0 Å². The van der Waals surface area contributed by atoms with Gasteiger partial charge in [-0.15, -0.1) is 0 Å². The molecule has 0 radical (unpaired) electrons. The Kier molecular flexibility index (Phi) is 6.18. The number of ether oxygens (including phenoxy) is 1. The molecule has 0 amide bonds. The molecular formula is C13H16N2O4S. The van der Waals surface area contributed by atoms with E-state index in [-0.39, 0.29) is 18.0 Å². The van der Waals surface area contributed by atoms with Crippen molar-refractivity contribution in [1.29, 1.82) is 0 Å². The minimum absolute atomic E-state index is 0.0556. The number of hydrogen-bond donors (Lipinski definition) is 2. The molecule has 0 fully saturated rings. The first-order valence-corrected chi connectivity index (χ1v) is 7.42. The van der Waals surface area contributed by atoms with Crippen molar-refractivity contribution in [3.8, 4) is 11.8 Å². The number of benzene rings is 1. The van der Waals surface area contributed by atoms with Gasteiger partial charge in [0.2, 0.25) is 10.0 Å². The molecule has 1 rings (SSSR count). The molecule has 1 aromatic carbocycles. The third-order valence-corrected chi connectivity index (χ3v) is 3.63. The van der Waals surface area contributed by atoms with Crippen LogP contribution in [0.2, 0.25) is 0 Å². The van der Waals surface area contributed by atoms with Crippen molar-refractivity contribution in [2.24, 2.45) is 5.73 Å². The van der Waals surface area contributed by atoms with Gasteiger partial charge in [-0.25, -0.2) is 8.42 Å². The average molecular weight is 296 g/mol. The highest BCUT2D eigenvalue weighted by Crippen LogP contribution is 2.09. The summed E-state index contributed by atoms with van der Waals surface area (Å²) < 4.78 is 30.6. The summed E-state index contributed by atoms with van der Waals surface area (Å²) in [5, 5.41) is 0. The Bertz CT molecular complexity index is 612. The number of nitrogens with one attached hydrogen (secondary N) is 1. The summed E-state index contributed by atoms with van der Waals surface area (Å²) in [4.78, 5) is 11.2. The first-order valence-electron chi connectivity index (χ1n) is 5.94. The van der Waals surface area contributed by atoms with Crippen molar-refractivity contribution in [2.45, 2.75) is 11.8 Å². The van der Waals surface area contributed by atoms with Crippen LogP contribution in [-0.2, 0) is 19.6 Å². The molecule has 6 nitrogen and oxygen atoms in total. The smallest absolute Gasteiger partial charge is 0.321 e. The summed E-state index contributed by atoms with van der Waals surface area (Å²) in [6, 6.07) is 5.96. The Hall–Kier alpha value is -1.88. The predicted molar refractivity (Wildman–Crippen MR) is 74.2 cm³/mol. The second-order valence-corrected chi connectivity index (χ2v) is 5.43. The molecule has 7 heteroatoms. The van der Waals surface area contributed by atoms with E-state index in [9.17, 15) is 13.2 Å².